The molecule has 0 saturated carbocycles. The Hall–Kier alpha value is -4.29. The van der Waals surface area contributed by atoms with Crippen LogP contribution in [0.15, 0.2) is 0 Å². The van der Waals surface area contributed by atoms with Gasteiger partial charge in [-0.3, -0.25) is 24.0 Å². The van der Waals surface area contributed by atoms with Crippen molar-refractivity contribution in [2.45, 2.75) is 311 Å². The van der Waals surface area contributed by atoms with Crippen LogP contribution in [-0.4, -0.2) is 488 Å². The minimum atomic E-state index is -2.62. The van der Waals surface area contributed by atoms with E-state index in [-0.39, 0.29) is 0 Å². The van der Waals surface area contributed by atoms with E-state index in [0.29, 0.717) is 0 Å². The number of aliphatic hydroxyl groups is 24. The molecule has 9 heterocycles. The maximum atomic E-state index is 13.5. The fourth-order valence-corrected chi connectivity index (χ4v) is 15.0. The smallest absolute Gasteiger partial charge is 0.217 e. The molecule has 9 aliphatic heterocycles. The van der Waals surface area contributed by atoms with Crippen molar-refractivity contribution in [3.05, 3.63) is 0 Å². The van der Waals surface area contributed by atoms with Crippen molar-refractivity contribution in [1.29, 1.82) is 0 Å². The maximum Gasteiger partial charge on any atom is 0.217 e. The number of hydrogen-bond acceptors (Lipinski definition) is 46. The predicted molar refractivity (Wildman–Crippen MR) is 355 cm³/mol. The van der Waals surface area contributed by atoms with Crippen LogP contribution in [0.1, 0.15) is 34.6 Å². The van der Waals surface area contributed by atoms with Gasteiger partial charge in [-0.05, 0) is 0 Å². The molecule has 5 amide bonds. The molecule has 0 aromatic heterocycles. The summed E-state index contributed by atoms with van der Waals surface area (Å²) in [6.45, 7) is -5.98. The van der Waals surface area contributed by atoms with Crippen LogP contribution < -0.4 is 26.6 Å². The molecule has 0 aromatic carbocycles. The van der Waals surface area contributed by atoms with Gasteiger partial charge in [-0.15, -0.1) is 0 Å². The van der Waals surface area contributed by atoms with Crippen LogP contribution in [0.2, 0.25) is 0 Å². The lowest BCUT2D eigenvalue weighted by Crippen LogP contribution is -2.73. The SMILES string of the molecule is CC(=O)N[C@H]1[C@H](O[C@@H]2[C@@H](O[C@@H]3[C@H](O[C@@H]4O[C@H](CO)[C@@H](O[C@@H]5O[C@H](CO)[C@H](O)[C@H](O)[C@H]5O)[C@H](O)[C@H]4NC(C)=O)[C@H](O[C@H]4[C@H](O)[C@@H](NC(C)=O)[C@H](O[C@H]5[C@H](O)[C@@H](NC(C)=O)C(O)O[C@@H]5CO)O[C@@H]4CO)O[C@H](CO)[C@H]3O[C@@H]3O[C@H](CO)[C@@H](O)[C@H](O)[C@H]3NC(C)=O)O[C@H](CO)[C@@H](O)[C@@H]2O)O[C@H](CO)[C@@H](O[C@@H]2O[C@H](CO)[C@H](O)[C@H](O)[C@H]2O)[C@@H]1O. The van der Waals surface area contributed by atoms with Crippen molar-refractivity contribution in [2.24, 2.45) is 0 Å². The molecule has 45 atom stereocenters. The summed E-state index contributed by atoms with van der Waals surface area (Å²) in [7, 11) is 0. The number of rotatable bonds is 30. The maximum absolute atomic E-state index is 13.5. The second kappa shape index (κ2) is 41.5. The summed E-state index contributed by atoms with van der Waals surface area (Å²) in [6, 6.07) is -9.92. The van der Waals surface area contributed by atoms with Crippen LogP contribution in [-0.2, 0) is 104 Å². The molecule has 29 N–H and O–H groups in total. The monoisotopic (exact) mass is 1680 g/mol. The number of hydrogen-bond donors (Lipinski definition) is 29. The quantitative estimate of drug-likeness (QED) is 0.0318. The standard InChI is InChI=1S/C64H107N5O46/c1-15(79)65-29-39(89)48(24(10-74)99-56(29)98)108-58-31(67-17(3)81)42(92)51(27(13-77)104-58)111-64-55(115-60-33(69-19(5)83)41(91)50(26(12-76)106-60)110-62-47(97)44(94)36(86)22(8-72)102-62)54(52(28(14-78)107-64)112-57-30(66-16(2)80)38(88)34(84)20(6-70)100-57)114-63-53(45(95)37(87)23(9-73)103-63)113-59-32(68-18(4)82)40(90)49(25(11-75)105-59)109-61-46(96)43(93)35(85)21(7-71)101-61/h20-64,70-78,84-98H,6-14H2,1-5H3,(H,65,79)(H,66,80)(H,67,81)(H,68,82)(H,69,83)/t20-,21-,22-,23-,24-,25-,26-,27-,28-,29-,30-,31-,32-,33-,34-,35+,36+,37-,38-,39-,40-,41-,42-,43+,44+,45+,46-,47-,48-,49-,50-,51-,52-,53+,54+,55+,56?,57+,58+,59+,60+,61+,62+,63-,64+/m1/s1. The van der Waals surface area contributed by atoms with E-state index in [1.165, 1.54) is 0 Å². The van der Waals surface area contributed by atoms with Gasteiger partial charge in [0.2, 0.25) is 29.5 Å². The zero-order chi connectivity index (χ0) is 84.8. The number of amides is 5. The molecule has 115 heavy (non-hydrogen) atoms. The van der Waals surface area contributed by atoms with E-state index in [9.17, 15) is 147 Å². The summed E-state index contributed by atoms with van der Waals surface area (Å²) in [6.07, 6.45) is -86.6. The minimum absolute atomic E-state index is 0.814. The average molecular weight is 1680 g/mol. The Balaban J connectivity index is 1.21. The first-order valence-electron chi connectivity index (χ1n) is 36.6. The first-order chi connectivity index (χ1) is 54.4. The molecule has 51 heteroatoms. The van der Waals surface area contributed by atoms with Gasteiger partial charge in [-0.2, -0.15) is 0 Å². The van der Waals surface area contributed by atoms with Gasteiger partial charge in [-0.25, -0.2) is 0 Å². The largest absolute Gasteiger partial charge is 0.394 e. The van der Waals surface area contributed by atoms with Crippen LogP contribution in [0, 0.1) is 0 Å². The van der Waals surface area contributed by atoms with E-state index in [1.807, 2.05) is 0 Å². The van der Waals surface area contributed by atoms with Crippen LogP contribution in [0.3, 0.4) is 0 Å². The Bertz CT molecular complexity index is 3100. The zero-order valence-corrected chi connectivity index (χ0v) is 62.1. The lowest BCUT2D eigenvalue weighted by atomic mass is 9.93. The molecule has 9 saturated heterocycles. The van der Waals surface area contributed by atoms with Crippen LogP contribution >= 0.6 is 0 Å². The predicted octanol–water partition coefficient (Wildman–Crippen LogP) is -19.9. The van der Waals surface area contributed by atoms with Gasteiger partial charge in [0.05, 0.1) is 59.5 Å². The molecular formula is C64H107N5O46. The third kappa shape index (κ3) is 21.1. The number of ether oxygens (including phenoxy) is 17. The van der Waals surface area contributed by atoms with Crippen LogP contribution in [0.4, 0.5) is 0 Å². The second-order valence-corrected chi connectivity index (χ2v) is 28.9. The fraction of sp³-hybridized carbons (Fsp3) is 0.922. The third-order valence-corrected chi connectivity index (χ3v) is 20.8. The molecule has 664 valence electrons. The Morgan fingerprint density at radius 1 is 0.209 bits per heavy atom. The van der Waals surface area contributed by atoms with E-state index in [2.05, 4.69) is 26.6 Å². The molecule has 9 aliphatic rings. The lowest BCUT2D eigenvalue weighted by molar-refractivity contribution is -0.420. The molecule has 9 rings (SSSR count). The average Bonchev–Trinajstić information content (AvgIpc) is 0.751. The molecule has 0 aromatic rings. The van der Waals surface area contributed by atoms with E-state index >= 15 is 0 Å². The number of nitrogens with one attached hydrogen (secondary N) is 5. The molecule has 0 aliphatic carbocycles. The highest BCUT2D eigenvalue weighted by Crippen LogP contribution is 2.42. The number of aliphatic hydroxyl groups excluding tert-OH is 24. The fourth-order valence-electron chi connectivity index (χ4n) is 15.0. The highest BCUT2D eigenvalue weighted by Gasteiger charge is 2.63. The van der Waals surface area contributed by atoms with Gasteiger partial charge in [0.25, 0.3) is 0 Å². The highest BCUT2D eigenvalue weighted by atomic mass is 16.8. The van der Waals surface area contributed by atoms with Crippen molar-refractivity contribution in [1.82, 2.24) is 26.6 Å². The van der Waals surface area contributed by atoms with Crippen molar-refractivity contribution in [2.75, 3.05) is 59.5 Å². The second-order valence-electron chi connectivity index (χ2n) is 28.9. The van der Waals surface area contributed by atoms with E-state index in [1.54, 1.807) is 0 Å². The van der Waals surface area contributed by atoms with Crippen LogP contribution in [0.25, 0.3) is 0 Å². The van der Waals surface area contributed by atoms with Crippen molar-refractivity contribution >= 4 is 29.5 Å². The summed E-state index contributed by atoms with van der Waals surface area (Å²) in [4.78, 5) is 65.3. The van der Waals surface area contributed by atoms with Crippen molar-refractivity contribution in [3.8, 4) is 0 Å². The summed E-state index contributed by atoms with van der Waals surface area (Å²) in [5, 5.41) is 280. The Morgan fingerprint density at radius 3 is 0.783 bits per heavy atom. The normalized spacial score (nSPS) is 47.9. The minimum Gasteiger partial charge on any atom is -0.394 e. The molecule has 0 bridgehead atoms. The summed E-state index contributed by atoms with van der Waals surface area (Å²) < 4.78 is 105. The first-order valence-corrected chi connectivity index (χ1v) is 36.6. The Morgan fingerprint density at radius 2 is 0.426 bits per heavy atom. The molecule has 0 spiro atoms. The van der Waals surface area contributed by atoms with E-state index in [0.717, 1.165) is 34.6 Å². The van der Waals surface area contributed by atoms with Crippen molar-refractivity contribution in [3.63, 3.8) is 0 Å². The highest BCUT2D eigenvalue weighted by molar-refractivity contribution is 5.75. The third-order valence-electron chi connectivity index (χ3n) is 20.8. The molecular weight excluding hydrogens is 1570 g/mol. The van der Waals surface area contributed by atoms with E-state index in [4.69, 9.17) is 80.5 Å². The van der Waals surface area contributed by atoms with Gasteiger partial charge >= 0.3 is 0 Å². The summed E-state index contributed by atoms with van der Waals surface area (Å²) >= 11 is 0. The Labute approximate surface area is 651 Å². The first kappa shape index (κ1) is 94.6. The summed E-state index contributed by atoms with van der Waals surface area (Å²) in [5.74, 6) is -4.85. The number of carbonyl (C=O) groups is 5. The van der Waals surface area contributed by atoms with Crippen LogP contribution in [0.5, 0.6) is 0 Å². The van der Waals surface area contributed by atoms with E-state index < -0.39 is 365 Å². The molecule has 51 nitrogen and oxygen atoms in total. The van der Waals surface area contributed by atoms with Crippen molar-refractivity contribution < 1.29 is 227 Å². The number of carbonyl (C=O) groups excluding carboxylic acids is 5. The zero-order valence-electron chi connectivity index (χ0n) is 62.1. The molecule has 1 unspecified atom stereocenters. The molecule has 9 fully saturated rings. The molecule has 0 radical (unpaired) electrons. The van der Waals surface area contributed by atoms with Gasteiger partial charge in [0.15, 0.2) is 56.6 Å². The van der Waals surface area contributed by atoms with Gasteiger partial charge in [0.1, 0.15) is 219 Å². The topological polar surface area (TPSA) is 788 Å². The van der Waals surface area contributed by atoms with Gasteiger partial charge in [-0.1, -0.05) is 0 Å². The Kier molecular flexibility index (Phi) is 34.1. The lowest BCUT2D eigenvalue weighted by Gasteiger charge is -2.54. The summed E-state index contributed by atoms with van der Waals surface area (Å²) in [5.41, 5.74) is 0. The van der Waals surface area contributed by atoms with Gasteiger partial charge in [0, 0.05) is 34.6 Å². The van der Waals surface area contributed by atoms with Gasteiger partial charge < -0.3 is 230 Å².